The zero-order chi connectivity index (χ0) is 13.2. The van der Waals surface area contributed by atoms with Crippen LogP contribution in [0.5, 0.6) is 5.75 Å². The molecule has 2 nitrogen and oxygen atoms in total. The van der Waals surface area contributed by atoms with Gasteiger partial charge in [-0.25, -0.2) is 0 Å². The molecule has 0 radical (unpaired) electrons. The van der Waals surface area contributed by atoms with Gasteiger partial charge in [0.25, 0.3) is 0 Å². The van der Waals surface area contributed by atoms with Gasteiger partial charge in [-0.3, -0.25) is 4.79 Å². The van der Waals surface area contributed by atoms with Crippen molar-refractivity contribution in [3.05, 3.63) is 65.2 Å². The van der Waals surface area contributed by atoms with Crippen LogP contribution in [-0.4, -0.2) is 12.9 Å². The van der Waals surface area contributed by atoms with Gasteiger partial charge in [0.2, 0.25) is 0 Å². The minimum Gasteiger partial charge on any atom is -0.497 e. The third-order valence-corrected chi connectivity index (χ3v) is 3.80. The van der Waals surface area contributed by atoms with E-state index in [1.807, 2.05) is 30.3 Å². The molecular formula is C17H16O2. The smallest absolute Gasteiger partial charge is 0.163 e. The average Bonchev–Trinajstić information content (AvgIpc) is 2.47. The van der Waals surface area contributed by atoms with Crippen LogP contribution >= 0.6 is 0 Å². The van der Waals surface area contributed by atoms with E-state index in [9.17, 15) is 4.79 Å². The number of ether oxygens (including phenoxy) is 1. The molecule has 0 saturated heterocycles. The fourth-order valence-electron chi connectivity index (χ4n) is 2.75. The number of carbonyl (C=O) groups excluding carboxylic acids is 1. The highest BCUT2D eigenvalue weighted by atomic mass is 16.5. The van der Waals surface area contributed by atoms with Crippen LogP contribution in [0.4, 0.5) is 0 Å². The Kier molecular flexibility index (Phi) is 3.08. The summed E-state index contributed by atoms with van der Waals surface area (Å²) in [6.45, 7) is 0. The van der Waals surface area contributed by atoms with Gasteiger partial charge in [0, 0.05) is 12.0 Å². The van der Waals surface area contributed by atoms with Gasteiger partial charge in [-0.05, 0) is 35.6 Å². The standard InChI is InChI=1S/C17H16O2/c1-19-15-8-6-12(7-9-15)14-10-13-4-2-3-5-16(13)17(18)11-14/h2-9,14H,10-11H2,1H3. The number of carbonyl (C=O) groups is 1. The number of rotatable bonds is 2. The quantitative estimate of drug-likeness (QED) is 0.816. The second-order valence-corrected chi connectivity index (χ2v) is 4.96. The van der Waals surface area contributed by atoms with Gasteiger partial charge in [-0.15, -0.1) is 0 Å². The van der Waals surface area contributed by atoms with Gasteiger partial charge in [0.1, 0.15) is 5.75 Å². The van der Waals surface area contributed by atoms with E-state index in [4.69, 9.17) is 4.74 Å². The van der Waals surface area contributed by atoms with Crippen molar-refractivity contribution in [2.24, 2.45) is 0 Å². The van der Waals surface area contributed by atoms with Crippen molar-refractivity contribution >= 4 is 5.78 Å². The van der Waals surface area contributed by atoms with Gasteiger partial charge >= 0.3 is 0 Å². The molecule has 1 atom stereocenters. The monoisotopic (exact) mass is 252 g/mol. The van der Waals surface area contributed by atoms with E-state index in [2.05, 4.69) is 18.2 Å². The van der Waals surface area contributed by atoms with E-state index in [0.717, 1.165) is 17.7 Å². The largest absolute Gasteiger partial charge is 0.497 e. The molecule has 0 bridgehead atoms. The second-order valence-electron chi connectivity index (χ2n) is 4.96. The van der Waals surface area contributed by atoms with E-state index in [1.54, 1.807) is 7.11 Å². The normalized spacial score (nSPS) is 17.9. The van der Waals surface area contributed by atoms with Crippen LogP contribution in [0.2, 0.25) is 0 Å². The molecule has 96 valence electrons. The zero-order valence-electron chi connectivity index (χ0n) is 10.9. The van der Waals surface area contributed by atoms with Crippen LogP contribution in [-0.2, 0) is 6.42 Å². The number of fused-ring (bicyclic) bond motifs is 1. The maximum Gasteiger partial charge on any atom is 0.163 e. The lowest BCUT2D eigenvalue weighted by atomic mass is 9.79. The maximum absolute atomic E-state index is 12.2. The number of hydrogen-bond donors (Lipinski definition) is 0. The van der Waals surface area contributed by atoms with Crippen molar-refractivity contribution in [1.82, 2.24) is 0 Å². The van der Waals surface area contributed by atoms with Crippen LogP contribution in [0.15, 0.2) is 48.5 Å². The van der Waals surface area contributed by atoms with Crippen LogP contribution < -0.4 is 4.74 Å². The molecule has 1 aliphatic carbocycles. The first-order chi connectivity index (χ1) is 9.28. The van der Waals surface area contributed by atoms with Crippen molar-refractivity contribution in [3.63, 3.8) is 0 Å². The summed E-state index contributed by atoms with van der Waals surface area (Å²) in [7, 11) is 1.66. The minimum atomic E-state index is 0.252. The summed E-state index contributed by atoms with van der Waals surface area (Å²) in [5, 5.41) is 0. The molecule has 0 aromatic heterocycles. The molecule has 0 amide bonds. The number of benzene rings is 2. The number of hydrogen-bond acceptors (Lipinski definition) is 2. The summed E-state index contributed by atoms with van der Waals surface area (Å²) < 4.78 is 5.17. The number of methoxy groups -OCH3 is 1. The van der Waals surface area contributed by atoms with Gasteiger partial charge < -0.3 is 4.74 Å². The maximum atomic E-state index is 12.2. The first-order valence-corrected chi connectivity index (χ1v) is 6.53. The van der Waals surface area contributed by atoms with Gasteiger partial charge in [-0.2, -0.15) is 0 Å². The summed E-state index contributed by atoms with van der Waals surface area (Å²) in [5.74, 6) is 1.39. The molecule has 2 aromatic carbocycles. The highest BCUT2D eigenvalue weighted by Gasteiger charge is 2.25. The van der Waals surface area contributed by atoms with Crippen LogP contribution in [0, 0.1) is 0 Å². The van der Waals surface area contributed by atoms with Crippen LogP contribution in [0.1, 0.15) is 33.8 Å². The average molecular weight is 252 g/mol. The SMILES string of the molecule is COc1ccc(C2CC(=O)c3ccccc3C2)cc1. The summed E-state index contributed by atoms with van der Waals surface area (Å²) in [6.07, 6.45) is 1.54. The van der Waals surface area contributed by atoms with Gasteiger partial charge in [0.05, 0.1) is 7.11 Å². The molecule has 0 spiro atoms. The second kappa shape index (κ2) is 4.88. The summed E-state index contributed by atoms with van der Waals surface area (Å²) in [6, 6.07) is 16.0. The molecular weight excluding hydrogens is 236 g/mol. The Hall–Kier alpha value is -2.09. The lowest BCUT2D eigenvalue weighted by Crippen LogP contribution is -2.18. The molecule has 19 heavy (non-hydrogen) atoms. The molecule has 0 N–H and O–H groups in total. The molecule has 0 aliphatic heterocycles. The zero-order valence-corrected chi connectivity index (χ0v) is 10.9. The molecule has 0 fully saturated rings. The minimum absolute atomic E-state index is 0.252. The van der Waals surface area contributed by atoms with Crippen LogP contribution in [0.3, 0.4) is 0 Å². The molecule has 3 rings (SSSR count). The summed E-state index contributed by atoms with van der Waals surface area (Å²) in [4.78, 5) is 12.2. The van der Waals surface area contributed by atoms with Gasteiger partial charge in [-0.1, -0.05) is 36.4 Å². The molecule has 1 unspecified atom stereocenters. The molecule has 1 aliphatic rings. The molecule has 2 aromatic rings. The third kappa shape index (κ3) is 2.26. The highest BCUT2D eigenvalue weighted by molar-refractivity contribution is 5.99. The molecule has 2 heteroatoms. The molecule has 0 saturated carbocycles. The Labute approximate surface area is 113 Å². The lowest BCUT2D eigenvalue weighted by Gasteiger charge is -2.24. The Balaban J connectivity index is 1.90. The first kappa shape index (κ1) is 12.0. The first-order valence-electron chi connectivity index (χ1n) is 6.53. The Morgan fingerprint density at radius 3 is 2.47 bits per heavy atom. The van der Waals surface area contributed by atoms with Crippen molar-refractivity contribution in [2.75, 3.05) is 7.11 Å². The van der Waals surface area contributed by atoms with Crippen molar-refractivity contribution in [3.8, 4) is 5.75 Å². The fraction of sp³-hybridized carbons (Fsp3) is 0.235. The Morgan fingerprint density at radius 2 is 1.74 bits per heavy atom. The van der Waals surface area contributed by atoms with Crippen LogP contribution in [0.25, 0.3) is 0 Å². The number of ketones is 1. The highest BCUT2D eigenvalue weighted by Crippen LogP contribution is 2.33. The van der Waals surface area contributed by atoms with Crippen molar-refractivity contribution < 1.29 is 9.53 Å². The Bertz CT molecular complexity index is 599. The summed E-state index contributed by atoms with van der Waals surface area (Å²) in [5.41, 5.74) is 3.27. The van der Waals surface area contributed by atoms with E-state index in [-0.39, 0.29) is 11.7 Å². The molecule has 0 heterocycles. The van der Waals surface area contributed by atoms with E-state index in [0.29, 0.717) is 6.42 Å². The van der Waals surface area contributed by atoms with Crippen molar-refractivity contribution in [2.45, 2.75) is 18.8 Å². The van der Waals surface area contributed by atoms with E-state index in [1.165, 1.54) is 11.1 Å². The predicted molar refractivity (Wildman–Crippen MR) is 74.8 cm³/mol. The van der Waals surface area contributed by atoms with E-state index >= 15 is 0 Å². The lowest BCUT2D eigenvalue weighted by molar-refractivity contribution is 0.0964. The number of Topliss-reactive ketones (excluding diaryl/α,β-unsaturated/α-hetero) is 1. The van der Waals surface area contributed by atoms with E-state index < -0.39 is 0 Å². The summed E-state index contributed by atoms with van der Waals surface area (Å²) >= 11 is 0. The predicted octanol–water partition coefficient (Wildman–Crippen LogP) is 3.61. The third-order valence-electron chi connectivity index (χ3n) is 3.80. The topological polar surface area (TPSA) is 26.3 Å². The fourth-order valence-corrected chi connectivity index (χ4v) is 2.75. The van der Waals surface area contributed by atoms with Crippen molar-refractivity contribution in [1.29, 1.82) is 0 Å². The van der Waals surface area contributed by atoms with Gasteiger partial charge in [0.15, 0.2) is 5.78 Å². The Morgan fingerprint density at radius 1 is 1.00 bits per heavy atom.